The third-order valence-corrected chi connectivity index (χ3v) is 3.49. The van der Waals surface area contributed by atoms with Gasteiger partial charge in [0, 0.05) is 11.6 Å². The number of carbonyl (C=O) groups excluding carboxylic acids is 1. The van der Waals surface area contributed by atoms with Crippen LogP contribution in [0, 0.1) is 0 Å². The Bertz CT molecular complexity index is 613. The largest absolute Gasteiger partial charge is 0.382 e. The number of carbonyl (C=O) groups is 1. The van der Waals surface area contributed by atoms with Gasteiger partial charge in [-0.3, -0.25) is 4.79 Å². The molecular weight excluding hydrogens is 260 g/mol. The quantitative estimate of drug-likeness (QED) is 0.834. The Labute approximate surface area is 116 Å². The van der Waals surface area contributed by atoms with Crippen molar-refractivity contribution in [3.8, 4) is 0 Å². The van der Waals surface area contributed by atoms with Gasteiger partial charge in [0.25, 0.3) is 0 Å². The number of benzene rings is 2. The molecule has 0 spiro atoms. The lowest BCUT2D eigenvalue weighted by Gasteiger charge is -2.13. The first kappa shape index (κ1) is 12.1. The van der Waals surface area contributed by atoms with Gasteiger partial charge in [0.05, 0.1) is 17.3 Å². The van der Waals surface area contributed by atoms with Crippen LogP contribution in [-0.2, 0) is 4.79 Å². The summed E-state index contributed by atoms with van der Waals surface area (Å²) in [6, 6.07) is 15.2. The fraction of sp³-hybridized carbons (Fsp3) is 0.133. The van der Waals surface area contributed by atoms with Gasteiger partial charge in [-0.2, -0.15) is 0 Å². The summed E-state index contributed by atoms with van der Waals surface area (Å²) >= 11 is 5.95. The topological polar surface area (TPSA) is 41.1 Å². The van der Waals surface area contributed by atoms with E-state index in [1.807, 2.05) is 42.5 Å². The third kappa shape index (κ3) is 2.42. The number of rotatable bonds is 1. The van der Waals surface area contributed by atoms with Crippen LogP contribution in [0.15, 0.2) is 48.5 Å². The first-order valence-electron chi connectivity index (χ1n) is 6.13. The molecule has 0 radical (unpaired) electrons. The first-order valence-corrected chi connectivity index (χ1v) is 6.51. The van der Waals surface area contributed by atoms with E-state index in [1.54, 1.807) is 6.07 Å². The molecule has 0 saturated carbocycles. The maximum atomic E-state index is 12.3. The summed E-state index contributed by atoms with van der Waals surface area (Å²) < 4.78 is 0. The van der Waals surface area contributed by atoms with Crippen molar-refractivity contribution in [3.05, 3.63) is 59.1 Å². The highest BCUT2D eigenvalue weighted by Gasteiger charge is 2.24. The molecule has 2 N–H and O–H groups in total. The van der Waals surface area contributed by atoms with Gasteiger partial charge in [0.1, 0.15) is 0 Å². The van der Waals surface area contributed by atoms with Crippen LogP contribution >= 0.6 is 11.6 Å². The van der Waals surface area contributed by atoms with E-state index < -0.39 is 0 Å². The number of anilines is 2. The molecule has 0 aliphatic carbocycles. The lowest BCUT2D eigenvalue weighted by molar-refractivity contribution is -0.117. The third-order valence-electron chi connectivity index (χ3n) is 3.25. The van der Waals surface area contributed by atoms with E-state index in [9.17, 15) is 4.79 Å². The van der Waals surface area contributed by atoms with Crippen LogP contribution in [0.1, 0.15) is 11.5 Å². The van der Waals surface area contributed by atoms with Gasteiger partial charge in [-0.25, -0.2) is 0 Å². The second-order valence-electron chi connectivity index (χ2n) is 4.52. The van der Waals surface area contributed by atoms with Crippen LogP contribution in [0.5, 0.6) is 0 Å². The fourth-order valence-electron chi connectivity index (χ4n) is 2.25. The lowest BCUT2D eigenvalue weighted by atomic mass is 9.98. The summed E-state index contributed by atoms with van der Waals surface area (Å²) in [5, 5.41) is 6.83. The summed E-state index contributed by atoms with van der Waals surface area (Å²) in [7, 11) is 0. The van der Waals surface area contributed by atoms with Crippen LogP contribution in [-0.4, -0.2) is 12.5 Å². The van der Waals surface area contributed by atoms with Crippen molar-refractivity contribution >= 4 is 28.9 Å². The lowest BCUT2D eigenvalue weighted by Crippen LogP contribution is -2.23. The number of amides is 1. The highest BCUT2D eigenvalue weighted by atomic mass is 35.5. The van der Waals surface area contributed by atoms with Gasteiger partial charge in [0.2, 0.25) is 5.91 Å². The van der Waals surface area contributed by atoms with E-state index in [0.717, 1.165) is 16.9 Å². The predicted molar refractivity (Wildman–Crippen MR) is 77.8 cm³/mol. The Balaban J connectivity index is 1.93. The van der Waals surface area contributed by atoms with Crippen LogP contribution in [0.4, 0.5) is 11.4 Å². The molecule has 1 aliphatic heterocycles. The van der Waals surface area contributed by atoms with E-state index in [1.165, 1.54) is 0 Å². The summed E-state index contributed by atoms with van der Waals surface area (Å²) in [6.45, 7) is 0.574. The van der Waals surface area contributed by atoms with E-state index >= 15 is 0 Å². The molecule has 1 heterocycles. The number of hydrogen-bond donors (Lipinski definition) is 2. The SMILES string of the molecule is O=C1Nc2cc(Cl)ccc2NCC1c1ccccc1. The van der Waals surface area contributed by atoms with Crippen LogP contribution in [0.2, 0.25) is 5.02 Å². The smallest absolute Gasteiger partial charge is 0.233 e. The molecule has 2 aromatic rings. The minimum absolute atomic E-state index is 0.0142. The Kier molecular flexibility index (Phi) is 3.13. The molecule has 0 aromatic heterocycles. The van der Waals surface area contributed by atoms with Crippen molar-refractivity contribution in [2.75, 3.05) is 17.2 Å². The van der Waals surface area contributed by atoms with Crippen molar-refractivity contribution in [1.82, 2.24) is 0 Å². The highest BCUT2D eigenvalue weighted by Crippen LogP contribution is 2.30. The van der Waals surface area contributed by atoms with Gasteiger partial charge < -0.3 is 10.6 Å². The minimum atomic E-state index is -0.202. The molecule has 0 bridgehead atoms. The minimum Gasteiger partial charge on any atom is -0.382 e. The van der Waals surface area contributed by atoms with Crippen LogP contribution in [0.25, 0.3) is 0 Å². The molecule has 3 nitrogen and oxygen atoms in total. The Morgan fingerprint density at radius 1 is 1.05 bits per heavy atom. The van der Waals surface area contributed by atoms with E-state index in [-0.39, 0.29) is 11.8 Å². The van der Waals surface area contributed by atoms with Crippen molar-refractivity contribution in [2.24, 2.45) is 0 Å². The zero-order valence-corrected chi connectivity index (χ0v) is 10.9. The average Bonchev–Trinajstić information content (AvgIpc) is 2.57. The Hall–Kier alpha value is -2.00. The molecule has 0 fully saturated rings. The van der Waals surface area contributed by atoms with Crippen LogP contribution < -0.4 is 10.6 Å². The van der Waals surface area contributed by atoms with Crippen LogP contribution in [0.3, 0.4) is 0 Å². The molecule has 1 unspecified atom stereocenters. The Morgan fingerprint density at radius 3 is 2.63 bits per heavy atom. The monoisotopic (exact) mass is 272 g/mol. The normalized spacial score (nSPS) is 17.9. The number of hydrogen-bond acceptors (Lipinski definition) is 2. The zero-order valence-electron chi connectivity index (χ0n) is 10.2. The van der Waals surface area contributed by atoms with Gasteiger partial charge in [0.15, 0.2) is 0 Å². The summed E-state index contributed by atoms with van der Waals surface area (Å²) in [4.78, 5) is 12.3. The standard InChI is InChI=1S/C15H13ClN2O/c16-11-6-7-13-14(8-11)18-15(19)12(9-17-13)10-4-2-1-3-5-10/h1-8,12,17H,9H2,(H,18,19). The molecule has 0 saturated heterocycles. The number of fused-ring (bicyclic) bond motifs is 1. The molecule has 2 aromatic carbocycles. The van der Waals surface area contributed by atoms with E-state index in [0.29, 0.717) is 11.6 Å². The zero-order chi connectivity index (χ0) is 13.2. The first-order chi connectivity index (χ1) is 9.24. The van der Waals surface area contributed by atoms with Gasteiger partial charge in [-0.15, -0.1) is 0 Å². The number of halogens is 1. The molecular formula is C15H13ClN2O. The van der Waals surface area contributed by atoms with Gasteiger partial charge >= 0.3 is 0 Å². The second kappa shape index (κ2) is 4.94. The molecule has 3 rings (SSSR count). The molecule has 1 amide bonds. The van der Waals surface area contributed by atoms with Crippen molar-refractivity contribution in [3.63, 3.8) is 0 Å². The summed E-state index contributed by atoms with van der Waals surface area (Å²) in [5.74, 6) is -0.216. The van der Waals surface area contributed by atoms with Crippen molar-refractivity contribution < 1.29 is 4.79 Å². The fourth-order valence-corrected chi connectivity index (χ4v) is 2.43. The molecule has 96 valence electrons. The summed E-state index contributed by atoms with van der Waals surface area (Å²) in [5.41, 5.74) is 2.64. The van der Waals surface area contributed by atoms with Crippen molar-refractivity contribution in [2.45, 2.75) is 5.92 Å². The maximum Gasteiger partial charge on any atom is 0.233 e. The predicted octanol–water partition coefficient (Wildman–Crippen LogP) is 3.49. The van der Waals surface area contributed by atoms with Gasteiger partial charge in [-0.1, -0.05) is 41.9 Å². The molecule has 4 heteroatoms. The number of nitrogens with one attached hydrogen (secondary N) is 2. The summed E-state index contributed by atoms with van der Waals surface area (Å²) in [6.07, 6.45) is 0. The maximum absolute atomic E-state index is 12.3. The second-order valence-corrected chi connectivity index (χ2v) is 4.96. The van der Waals surface area contributed by atoms with Crippen molar-refractivity contribution in [1.29, 1.82) is 0 Å². The molecule has 1 aliphatic rings. The molecule has 19 heavy (non-hydrogen) atoms. The van der Waals surface area contributed by atoms with E-state index in [4.69, 9.17) is 11.6 Å². The Morgan fingerprint density at radius 2 is 1.84 bits per heavy atom. The molecule has 1 atom stereocenters. The highest BCUT2D eigenvalue weighted by molar-refractivity contribution is 6.31. The average molecular weight is 273 g/mol. The van der Waals surface area contributed by atoms with Gasteiger partial charge in [-0.05, 0) is 23.8 Å². The van der Waals surface area contributed by atoms with E-state index in [2.05, 4.69) is 10.6 Å².